The maximum atomic E-state index is 10.2. The molecule has 3 nitrogen and oxygen atoms in total. The summed E-state index contributed by atoms with van der Waals surface area (Å²) in [7, 11) is 3.12. The zero-order chi connectivity index (χ0) is 18.2. The van der Waals surface area contributed by atoms with E-state index >= 15 is 0 Å². The van der Waals surface area contributed by atoms with E-state index in [1.54, 1.807) is 6.92 Å². The van der Waals surface area contributed by atoms with Gasteiger partial charge in [0.25, 0.3) is 0 Å². The van der Waals surface area contributed by atoms with Gasteiger partial charge in [0, 0.05) is 37.3 Å². The van der Waals surface area contributed by atoms with Crippen LogP contribution in [0.3, 0.4) is 0 Å². The Morgan fingerprint density at radius 3 is 2.27 bits per heavy atom. The molecule has 0 fully saturated rings. The number of rotatable bonds is 3. The van der Waals surface area contributed by atoms with E-state index < -0.39 is 0 Å². The summed E-state index contributed by atoms with van der Waals surface area (Å²) >= 11 is 0. The van der Waals surface area contributed by atoms with Crippen molar-refractivity contribution in [3.05, 3.63) is 92.1 Å². The molecule has 0 aliphatic carbocycles. The molecule has 3 rings (SSSR count). The maximum absolute atomic E-state index is 10.2. The molecule has 0 aliphatic rings. The summed E-state index contributed by atoms with van der Waals surface area (Å²) in [5, 5.41) is 1.16. The summed E-state index contributed by atoms with van der Waals surface area (Å²) in [6.07, 6.45) is 1.38. The van der Waals surface area contributed by atoms with Crippen molar-refractivity contribution in [2.75, 3.05) is 0 Å². The second-order valence-corrected chi connectivity index (χ2v) is 5.56. The minimum Gasteiger partial charge on any atom is -0.668 e. The van der Waals surface area contributed by atoms with Crippen LogP contribution in [-0.4, -0.2) is 10.8 Å². The van der Waals surface area contributed by atoms with Crippen molar-refractivity contribution in [1.29, 1.82) is 0 Å². The van der Waals surface area contributed by atoms with Crippen LogP contribution in [0.1, 0.15) is 19.4 Å². The third-order valence-electron chi connectivity index (χ3n) is 3.53. The second-order valence-electron chi connectivity index (χ2n) is 5.56. The number of benzene rings is 2. The monoisotopic (exact) mass is 524 g/mol. The van der Waals surface area contributed by atoms with Gasteiger partial charge < -0.3 is 4.74 Å². The van der Waals surface area contributed by atoms with Gasteiger partial charge in [0.1, 0.15) is 0 Å². The molecule has 4 heteroatoms. The average molecular weight is 524 g/mol. The van der Waals surface area contributed by atoms with E-state index in [-0.39, 0.29) is 25.9 Å². The summed E-state index contributed by atoms with van der Waals surface area (Å²) in [5.74, 6) is 0.517. The Balaban J connectivity index is 0.000000325. The molecule has 0 atom stereocenters. The fourth-order valence-corrected chi connectivity index (χ4v) is 2.31. The molecule has 26 heavy (non-hydrogen) atoms. The number of para-hydroxylation sites is 1. The summed E-state index contributed by atoms with van der Waals surface area (Å²) in [4.78, 5) is 14.9. The van der Waals surface area contributed by atoms with E-state index in [2.05, 4.69) is 42.0 Å². The maximum Gasteiger partial charge on any atom is 0.155 e. The minimum atomic E-state index is -0.0221. The molecule has 0 unspecified atom stereocenters. The Labute approximate surface area is 168 Å². The Hall–Kier alpha value is -2.42. The number of carbonyl (C=O) groups excluding carboxylic acids is 1. The average Bonchev–Trinajstić information content (AvgIpc) is 2.61. The van der Waals surface area contributed by atoms with Gasteiger partial charge in [-0.3, -0.25) is 9.78 Å². The number of ether oxygens (including phenoxy) is 1. The van der Waals surface area contributed by atoms with Crippen LogP contribution in [0.25, 0.3) is 22.2 Å². The molecule has 0 N–H and O–H groups in total. The molecule has 0 amide bonds. The number of allylic oxidation sites excluding steroid dienone is 2. The van der Waals surface area contributed by atoms with Crippen molar-refractivity contribution in [3.63, 3.8) is 0 Å². The van der Waals surface area contributed by atoms with E-state index in [0.29, 0.717) is 5.76 Å². The van der Waals surface area contributed by atoms with E-state index in [1.807, 2.05) is 42.5 Å². The molecule has 0 spiro atoms. The third kappa shape index (κ3) is 6.14. The Morgan fingerprint density at radius 1 is 1.00 bits per heavy atom. The van der Waals surface area contributed by atoms with Gasteiger partial charge in [-0.2, -0.15) is 25.7 Å². The molecule has 2 aromatic carbocycles. The number of pyridine rings is 1. The predicted octanol–water partition coefficient (Wildman–Crippen LogP) is 5.37. The van der Waals surface area contributed by atoms with Crippen molar-refractivity contribution in [1.82, 2.24) is 4.98 Å². The molecule has 3 aromatic rings. The third-order valence-corrected chi connectivity index (χ3v) is 3.53. The quantitative estimate of drug-likeness (QED) is 0.263. The van der Waals surface area contributed by atoms with Gasteiger partial charge in [-0.05, 0) is 26.0 Å². The predicted molar refractivity (Wildman–Crippen MR) is 103 cm³/mol. The molecule has 0 bridgehead atoms. The Bertz CT molecular complexity index is 903. The second kappa shape index (κ2) is 10.5. The van der Waals surface area contributed by atoms with E-state index in [4.69, 9.17) is 0 Å². The first kappa shape index (κ1) is 21.6. The van der Waals surface area contributed by atoms with Crippen LogP contribution < -0.4 is 0 Å². The summed E-state index contributed by atoms with van der Waals surface area (Å²) < 4.78 is 4.45. The first-order chi connectivity index (χ1) is 12.0. The summed E-state index contributed by atoms with van der Waals surface area (Å²) in [6, 6.07) is 20.4. The van der Waals surface area contributed by atoms with Crippen molar-refractivity contribution >= 4 is 16.7 Å². The first-order valence-electron chi connectivity index (χ1n) is 7.89. The van der Waals surface area contributed by atoms with Crippen LogP contribution in [0.2, 0.25) is 0 Å². The first-order valence-corrected chi connectivity index (χ1v) is 7.89. The molecule has 1 radical (unpaired) electrons. The number of fused-ring (bicyclic) bond motifs is 1. The molecular weight excluding hydrogens is 502 g/mol. The van der Waals surface area contributed by atoms with Gasteiger partial charge >= 0.3 is 0 Å². The van der Waals surface area contributed by atoms with Gasteiger partial charge in [0.15, 0.2) is 5.78 Å². The Kier molecular flexibility index (Phi) is 8.77. The summed E-state index contributed by atoms with van der Waals surface area (Å²) in [5.41, 5.74) is 4.11. The topological polar surface area (TPSA) is 39.2 Å². The fourth-order valence-electron chi connectivity index (χ4n) is 2.31. The molecule has 137 valence electrons. The van der Waals surface area contributed by atoms with Crippen LogP contribution in [0, 0.1) is 14.0 Å². The standard InChI is InChI=1S/C16H12N.C6H9O2.Ir/c1-12-6-2-4-8-14(12)16-11-10-13-7-3-5-9-15(13)17-16;1-5(7)4-6(2)8-3;/h2-11H,1H2;4H,3H2,1-2H3;/q2*-1;/b;6-4-;. The zero-order valence-electron chi connectivity index (χ0n) is 14.9. The molecular formula is C22H21IrNO2-2. The molecule has 0 aliphatic heterocycles. The number of hydrogen-bond donors (Lipinski definition) is 0. The van der Waals surface area contributed by atoms with Crippen LogP contribution in [0.4, 0.5) is 0 Å². The minimum absolute atomic E-state index is 0. The van der Waals surface area contributed by atoms with E-state index in [9.17, 15) is 4.79 Å². The molecule has 0 saturated heterocycles. The van der Waals surface area contributed by atoms with Crippen LogP contribution in [0.5, 0.6) is 0 Å². The van der Waals surface area contributed by atoms with Crippen molar-refractivity contribution in [3.8, 4) is 11.3 Å². The van der Waals surface area contributed by atoms with Crippen molar-refractivity contribution in [2.24, 2.45) is 0 Å². The number of nitrogens with zero attached hydrogens (tertiary/aromatic N) is 1. The van der Waals surface area contributed by atoms with Gasteiger partial charge in [-0.15, -0.1) is 17.7 Å². The van der Waals surface area contributed by atoms with Gasteiger partial charge in [0.05, 0.1) is 11.3 Å². The van der Waals surface area contributed by atoms with Crippen molar-refractivity contribution < 1.29 is 29.6 Å². The Morgan fingerprint density at radius 2 is 1.65 bits per heavy atom. The number of ketones is 1. The SMILES string of the molecule is [CH2-]O/C(C)=C\C(C)=O.[CH2-]c1ccccc1-c1ccc2ccccc2n1.[Ir]. The van der Waals surface area contributed by atoms with Crippen LogP contribution in [0.15, 0.2) is 72.5 Å². The smallest absolute Gasteiger partial charge is 0.155 e. The van der Waals surface area contributed by atoms with Gasteiger partial charge in [-0.25, -0.2) is 0 Å². The molecule has 0 saturated carbocycles. The fraction of sp³-hybridized carbons (Fsp3) is 0.0909. The summed E-state index contributed by atoms with van der Waals surface area (Å²) in [6.45, 7) is 7.17. The van der Waals surface area contributed by atoms with E-state index in [1.165, 1.54) is 13.0 Å². The molecule has 1 aromatic heterocycles. The zero-order valence-corrected chi connectivity index (χ0v) is 17.3. The van der Waals surface area contributed by atoms with Crippen molar-refractivity contribution in [2.45, 2.75) is 13.8 Å². The van der Waals surface area contributed by atoms with Gasteiger partial charge in [-0.1, -0.05) is 30.3 Å². The number of hydrogen-bond acceptors (Lipinski definition) is 3. The van der Waals surface area contributed by atoms with Gasteiger partial charge in [0.2, 0.25) is 0 Å². The number of aromatic nitrogens is 1. The molecule has 1 heterocycles. The number of carbonyl (C=O) groups is 1. The normalized spacial score (nSPS) is 10.3. The van der Waals surface area contributed by atoms with Crippen LogP contribution in [-0.2, 0) is 29.6 Å². The van der Waals surface area contributed by atoms with Crippen LogP contribution >= 0.6 is 0 Å². The largest absolute Gasteiger partial charge is 0.668 e. The van der Waals surface area contributed by atoms with E-state index in [0.717, 1.165) is 27.7 Å².